The number of hydrogen-bond donors (Lipinski definition) is 0. The molecular weight excluding hydrogens is 204 g/mol. The summed E-state index contributed by atoms with van der Waals surface area (Å²) < 4.78 is 30.9. The van der Waals surface area contributed by atoms with E-state index in [1.165, 1.54) is 0 Å². The lowest BCUT2D eigenvalue weighted by Gasteiger charge is -2.30. The Morgan fingerprint density at radius 3 is 2.53 bits per heavy atom. The van der Waals surface area contributed by atoms with Crippen molar-refractivity contribution in [3.63, 3.8) is 0 Å². The Kier molecular flexibility index (Phi) is 2.68. The highest BCUT2D eigenvalue weighted by Gasteiger charge is 2.34. The molecule has 0 amide bonds. The van der Waals surface area contributed by atoms with E-state index < -0.39 is 5.92 Å². The van der Waals surface area contributed by atoms with Crippen LogP contribution in [0.3, 0.4) is 0 Å². The fourth-order valence-corrected chi connectivity index (χ4v) is 1.63. The number of alkyl halides is 2. The highest BCUT2D eigenvalue weighted by Crippen LogP contribution is 2.28. The van der Waals surface area contributed by atoms with Crippen LogP contribution in [0.25, 0.3) is 0 Å². The van der Waals surface area contributed by atoms with Gasteiger partial charge < -0.3 is 4.42 Å². The van der Waals surface area contributed by atoms with Gasteiger partial charge >= 0.3 is 0 Å². The molecule has 0 N–H and O–H groups in total. The van der Waals surface area contributed by atoms with Gasteiger partial charge in [-0.3, -0.25) is 4.90 Å². The van der Waals surface area contributed by atoms with Crippen LogP contribution in [0.2, 0.25) is 0 Å². The first-order valence-electron chi connectivity index (χ1n) is 4.94. The zero-order valence-corrected chi connectivity index (χ0v) is 8.54. The van der Waals surface area contributed by atoms with Crippen LogP contribution in [-0.2, 0) is 6.54 Å². The van der Waals surface area contributed by atoms with Gasteiger partial charge in [0.2, 0.25) is 11.8 Å². The molecule has 0 radical (unpaired) electrons. The summed E-state index contributed by atoms with van der Waals surface area (Å²) in [5, 5.41) is 7.52. The second kappa shape index (κ2) is 3.84. The maximum absolute atomic E-state index is 12.8. The van der Waals surface area contributed by atoms with Crippen LogP contribution in [0.5, 0.6) is 0 Å². The fourth-order valence-electron chi connectivity index (χ4n) is 1.63. The molecule has 1 aliphatic heterocycles. The van der Waals surface area contributed by atoms with Crippen LogP contribution in [0.1, 0.15) is 24.6 Å². The fraction of sp³-hybridized carbons (Fsp3) is 0.778. The molecule has 15 heavy (non-hydrogen) atoms. The van der Waals surface area contributed by atoms with E-state index in [-0.39, 0.29) is 12.8 Å². The topological polar surface area (TPSA) is 42.2 Å². The minimum absolute atomic E-state index is 0.0832. The summed E-state index contributed by atoms with van der Waals surface area (Å²) in [4.78, 5) is 1.91. The zero-order chi connectivity index (χ0) is 10.9. The molecule has 0 unspecified atom stereocenters. The first-order valence-corrected chi connectivity index (χ1v) is 4.94. The molecule has 1 aromatic rings. The number of aromatic nitrogens is 2. The number of aryl methyl sites for hydroxylation is 1. The quantitative estimate of drug-likeness (QED) is 0.754. The molecule has 4 nitrogen and oxygen atoms in total. The van der Waals surface area contributed by atoms with E-state index in [9.17, 15) is 8.78 Å². The Hall–Kier alpha value is -1.04. The summed E-state index contributed by atoms with van der Waals surface area (Å²) in [7, 11) is 0. The van der Waals surface area contributed by atoms with Crippen molar-refractivity contribution < 1.29 is 13.2 Å². The number of halogens is 2. The molecular formula is C9H13F2N3O. The molecule has 0 spiro atoms. The largest absolute Gasteiger partial charge is 0.424 e. The Morgan fingerprint density at radius 1 is 1.33 bits per heavy atom. The Labute approximate surface area is 86.3 Å². The average molecular weight is 217 g/mol. The summed E-state index contributed by atoms with van der Waals surface area (Å²) in [6, 6.07) is 0. The average Bonchev–Trinajstić information content (AvgIpc) is 2.55. The smallest absolute Gasteiger partial charge is 0.250 e. The molecule has 2 heterocycles. The summed E-state index contributed by atoms with van der Waals surface area (Å²) in [6.45, 7) is 2.95. The predicted octanol–water partition coefficient (Wildman–Crippen LogP) is 1.61. The lowest BCUT2D eigenvalue weighted by atomic mass is 10.1. The van der Waals surface area contributed by atoms with Gasteiger partial charge in [-0.2, -0.15) is 0 Å². The van der Waals surface area contributed by atoms with E-state index in [0.717, 1.165) is 0 Å². The molecule has 1 fully saturated rings. The lowest BCUT2D eigenvalue weighted by molar-refractivity contribution is -0.0578. The van der Waals surface area contributed by atoms with Gasteiger partial charge in [-0.25, -0.2) is 8.78 Å². The van der Waals surface area contributed by atoms with Crippen molar-refractivity contribution in [1.29, 1.82) is 0 Å². The number of rotatable bonds is 2. The van der Waals surface area contributed by atoms with Gasteiger partial charge in [0.25, 0.3) is 5.92 Å². The van der Waals surface area contributed by atoms with Crippen LogP contribution in [0.4, 0.5) is 8.78 Å². The summed E-state index contributed by atoms with van der Waals surface area (Å²) in [6.07, 6.45) is -0.166. The third kappa shape index (κ3) is 2.71. The van der Waals surface area contributed by atoms with Gasteiger partial charge in [0.05, 0.1) is 6.54 Å². The van der Waals surface area contributed by atoms with Crippen LogP contribution in [-0.4, -0.2) is 34.1 Å². The van der Waals surface area contributed by atoms with Crippen molar-refractivity contribution in [3.8, 4) is 0 Å². The molecule has 0 bridgehead atoms. The zero-order valence-electron chi connectivity index (χ0n) is 8.54. The summed E-state index contributed by atoms with van der Waals surface area (Å²) in [5.41, 5.74) is 0. The van der Waals surface area contributed by atoms with Crippen molar-refractivity contribution in [2.24, 2.45) is 0 Å². The van der Waals surface area contributed by atoms with Crippen molar-refractivity contribution in [3.05, 3.63) is 11.8 Å². The maximum atomic E-state index is 12.8. The minimum Gasteiger partial charge on any atom is -0.424 e. The van der Waals surface area contributed by atoms with Gasteiger partial charge in [-0.05, 0) is 0 Å². The van der Waals surface area contributed by atoms with E-state index in [1.807, 2.05) is 4.90 Å². The lowest BCUT2D eigenvalue weighted by Crippen LogP contribution is -2.38. The second-order valence-corrected chi connectivity index (χ2v) is 3.85. The van der Waals surface area contributed by atoms with E-state index in [2.05, 4.69) is 10.2 Å². The third-order valence-electron chi connectivity index (χ3n) is 2.51. The molecule has 84 valence electrons. The van der Waals surface area contributed by atoms with E-state index in [0.29, 0.717) is 31.4 Å². The molecule has 2 rings (SSSR count). The Balaban J connectivity index is 1.87. The monoisotopic (exact) mass is 217 g/mol. The molecule has 0 saturated carbocycles. The first-order chi connectivity index (χ1) is 7.05. The first kappa shape index (κ1) is 10.5. The predicted molar refractivity (Wildman–Crippen MR) is 48.5 cm³/mol. The van der Waals surface area contributed by atoms with Gasteiger partial charge in [0, 0.05) is 32.9 Å². The normalized spacial score (nSPS) is 21.8. The van der Waals surface area contributed by atoms with Gasteiger partial charge in [-0.15, -0.1) is 10.2 Å². The van der Waals surface area contributed by atoms with E-state index in [1.54, 1.807) is 6.92 Å². The van der Waals surface area contributed by atoms with Crippen LogP contribution in [0.15, 0.2) is 4.42 Å². The molecule has 0 atom stereocenters. The van der Waals surface area contributed by atoms with Crippen LogP contribution in [0, 0.1) is 6.92 Å². The standard InChI is InChI=1S/C9H13F2N3O/c1-7-12-13-8(15-7)6-14-4-2-9(10,11)3-5-14/h2-6H2,1H3. The molecule has 0 aliphatic carbocycles. The maximum Gasteiger partial charge on any atom is 0.250 e. The highest BCUT2D eigenvalue weighted by atomic mass is 19.3. The molecule has 1 aromatic heterocycles. The van der Waals surface area contributed by atoms with Gasteiger partial charge in [0.15, 0.2) is 0 Å². The molecule has 1 saturated heterocycles. The summed E-state index contributed by atoms with van der Waals surface area (Å²) >= 11 is 0. The van der Waals surface area contributed by atoms with Crippen molar-refractivity contribution in [2.75, 3.05) is 13.1 Å². The molecule has 0 aromatic carbocycles. The summed E-state index contributed by atoms with van der Waals surface area (Å²) in [5.74, 6) is -1.49. The Bertz CT molecular complexity index is 330. The van der Waals surface area contributed by atoms with Crippen molar-refractivity contribution in [2.45, 2.75) is 32.2 Å². The number of piperidine rings is 1. The van der Waals surface area contributed by atoms with Crippen molar-refractivity contribution >= 4 is 0 Å². The number of nitrogens with zero attached hydrogens (tertiary/aromatic N) is 3. The molecule has 6 heteroatoms. The SMILES string of the molecule is Cc1nnc(CN2CCC(F)(F)CC2)o1. The van der Waals surface area contributed by atoms with E-state index in [4.69, 9.17) is 4.42 Å². The number of likely N-dealkylation sites (tertiary alicyclic amines) is 1. The van der Waals surface area contributed by atoms with Gasteiger partial charge in [-0.1, -0.05) is 0 Å². The van der Waals surface area contributed by atoms with Crippen LogP contribution >= 0.6 is 0 Å². The molecule has 1 aliphatic rings. The third-order valence-corrected chi connectivity index (χ3v) is 2.51. The minimum atomic E-state index is -2.50. The highest BCUT2D eigenvalue weighted by molar-refractivity contribution is 4.83. The second-order valence-electron chi connectivity index (χ2n) is 3.85. The van der Waals surface area contributed by atoms with Crippen molar-refractivity contribution in [1.82, 2.24) is 15.1 Å². The van der Waals surface area contributed by atoms with Crippen LogP contribution < -0.4 is 0 Å². The number of hydrogen-bond acceptors (Lipinski definition) is 4. The van der Waals surface area contributed by atoms with E-state index >= 15 is 0 Å². The van der Waals surface area contributed by atoms with Gasteiger partial charge in [0.1, 0.15) is 0 Å². The Morgan fingerprint density at radius 2 is 2.00 bits per heavy atom.